The molecule has 24 heavy (non-hydrogen) atoms. The molecule has 0 heterocycles. The van der Waals surface area contributed by atoms with Crippen molar-refractivity contribution in [2.24, 2.45) is 0 Å². The Morgan fingerprint density at radius 1 is 1.04 bits per heavy atom. The third-order valence-corrected chi connectivity index (χ3v) is 4.93. The topological polar surface area (TPSA) is 27.7 Å². The second kappa shape index (κ2) is 12.4. The van der Waals surface area contributed by atoms with E-state index in [9.17, 15) is 0 Å². The van der Waals surface area contributed by atoms with Crippen molar-refractivity contribution < 1.29 is 14.2 Å². The first kappa shape index (κ1) is 21.1. The van der Waals surface area contributed by atoms with Crippen LogP contribution >= 0.6 is 0 Å². The SMILES string of the molecule is COCCOCOC(CC/C=C\[Si](C)(C)C)CCc1ccccc1. The highest BCUT2D eigenvalue weighted by molar-refractivity contribution is 6.80. The molecular formula is C20H34O3Si. The molecule has 0 fully saturated rings. The summed E-state index contributed by atoms with van der Waals surface area (Å²) in [6, 6.07) is 10.6. The van der Waals surface area contributed by atoms with Crippen molar-refractivity contribution in [3.05, 3.63) is 47.7 Å². The van der Waals surface area contributed by atoms with Crippen LogP contribution in [-0.2, 0) is 20.6 Å². The van der Waals surface area contributed by atoms with Gasteiger partial charge in [-0.2, -0.15) is 0 Å². The predicted molar refractivity (Wildman–Crippen MR) is 104 cm³/mol. The Bertz CT molecular complexity index is 440. The Morgan fingerprint density at radius 3 is 2.46 bits per heavy atom. The first-order valence-corrected chi connectivity index (χ1v) is 12.5. The van der Waals surface area contributed by atoms with Gasteiger partial charge >= 0.3 is 0 Å². The highest BCUT2D eigenvalue weighted by Gasteiger charge is 2.10. The normalized spacial score (nSPS) is 13.5. The molecule has 0 aliphatic rings. The van der Waals surface area contributed by atoms with Gasteiger partial charge in [-0.15, -0.1) is 0 Å². The summed E-state index contributed by atoms with van der Waals surface area (Å²) in [5.74, 6) is 0. The second-order valence-electron chi connectivity index (χ2n) is 7.18. The van der Waals surface area contributed by atoms with Crippen LogP contribution in [0.2, 0.25) is 19.6 Å². The lowest BCUT2D eigenvalue weighted by atomic mass is 10.0. The van der Waals surface area contributed by atoms with E-state index in [1.54, 1.807) is 7.11 Å². The van der Waals surface area contributed by atoms with E-state index in [2.05, 4.69) is 61.7 Å². The quantitative estimate of drug-likeness (QED) is 0.289. The van der Waals surface area contributed by atoms with Gasteiger partial charge in [0.2, 0.25) is 0 Å². The van der Waals surface area contributed by atoms with Crippen molar-refractivity contribution in [3.8, 4) is 0 Å². The van der Waals surface area contributed by atoms with E-state index in [1.165, 1.54) is 5.56 Å². The molecule has 1 unspecified atom stereocenters. The summed E-state index contributed by atoms with van der Waals surface area (Å²) in [5.41, 5.74) is 3.78. The average Bonchev–Trinajstić information content (AvgIpc) is 2.55. The van der Waals surface area contributed by atoms with E-state index in [-0.39, 0.29) is 6.10 Å². The number of hydrogen-bond donors (Lipinski definition) is 0. The van der Waals surface area contributed by atoms with Crippen LogP contribution < -0.4 is 0 Å². The van der Waals surface area contributed by atoms with Crippen LogP contribution in [0.5, 0.6) is 0 Å². The number of ether oxygens (including phenoxy) is 3. The minimum Gasteiger partial charge on any atom is -0.382 e. The van der Waals surface area contributed by atoms with Gasteiger partial charge in [0.15, 0.2) is 0 Å². The average molecular weight is 351 g/mol. The number of allylic oxidation sites excluding steroid dienone is 1. The molecule has 0 aliphatic carbocycles. The van der Waals surface area contributed by atoms with Crippen LogP contribution in [0.25, 0.3) is 0 Å². The predicted octanol–water partition coefficient (Wildman–Crippen LogP) is 4.84. The molecule has 1 atom stereocenters. The zero-order valence-corrected chi connectivity index (χ0v) is 16.8. The molecule has 4 heteroatoms. The summed E-state index contributed by atoms with van der Waals surface area (Å²) < 4.78 is 16.4. The molecule has 0 bridgehead atoms. The van der Waals surface area contributed by atoms with Gasteiger partial charge in [-0.25, -0.2) is 0 Å². The number of benzene rings is 1. The molecule has 3 nitrogen and oxygen atoms in total. The van der Waals surface area contributed by atoms with Gasteiger partial charge in [0.05, 0.1) is 27.4 Å². The van der Waals surface area contributed by atoms with E-state index in [0.29, 0.717) is 20.0 Å². The van der Waals surface area contributed by atoms with Crippen molar-refractivity contribution in [2.45, 2.75) is 51.4 Å². The van der Waals surface area contributed by atoms with Crippen LogP contribution in [0.15, 0.2) is 42.1 Å². The van der Waals surface area contributed by atoms with E-state index in [0.717, 1.165) is 25.7 Å². The summed E-state index contributed by atoms with van der Waals surface area (Å²) >= 11 is 0. The number of aryl methyl sites for hydroxylation is 1. The standard InChI is InChI=1S/C20H34O3Si/c1-21-15-16-22-18-23-20(12-8-9-17-24(2,3)4)14-13-19-10-6-5-7-11-19/h5-7,9-11,17,20H,8,12-16,18H2,1-4H3/b17-9-. The smallest absolute Gasteiger partial charge is 0.147 e. The van der Waals surface area contributed by atoms with Crippen molar-refractivity contribution in [2.75, 3.05) is 27.1 Å². The molecule has 1 rings (SSSR count). The molecule has 0 radical (unpaired) electrons. The molecular weight excluding hydrogens is 316 g/mol. The maximum absolute atomic E-state index is 5.94. The number of rotatable bonds is 13. The molecule has 0 spiro atoms. The molecule has 0 amide bonds. The van der Waals surface area contributed by atoms with Crippen LogP contribution in [-0.4, -0.2) is 41.3 Å². The molecule has 0 aliphatic heterocycles. The molecule has 0 saturated carbocycles. The van der Waals surface area contributed by atoms with Gasteiger partial charge in [0.25, 0.3) is 0 Å². The monoisotopic (exact) mass is 350 g/mol. The Hall–Kier alpha value is -0.943. The van der Waals surface area contributed by atoms with Crippen molar-refractivity contribution >= 4 is 8.07 Å². The van der Waals surface area contributed by atoms with E-state index < -0.39 is 8.07 Å². The van der Waals surface area contributed by atoms with E-state index in [4.69, 9.17) is 14.2 Å². The summed E-state index contributed by atoms with van der Waals surface area (Å²) in [7, 11) is 0.578. The van der Waals surface area contributed by atoms with Gasteiger partial charge in [-0.1, -0.05) is 61.7 Å². The van der Waals surface area contributed by atoms with Crippen molar-refractivity contribution in [1.82, 2.24) is 0 Å². The van der Waals surface area contributed by atoms with Gasteiger partial charge in [-0.3, -0.25) is 0 Å². The molecule has 136 valence electrons. The van der Waals surface area contributed by atoms with Crippen molar-refractivity contribution in [3.63, 3.8) is 0 Å². The Labute approximate surface area is 149 Å². The maximum atomic E-state index is 5.94. The molecule has 1 aromatic rings. The van der Waals surface area contributed by atoms with Gasteiger partial charge in [0, 0.05) is 7.11 Å². The number of methoxy groups -OCH3 is 1. The highest BCUT2D eigenvalue weighted by atomic mass is 28.3. The van der Waals surface area contributed by atoms with Crippen molar-refractivity contribution in [1.29, 1.82) is 0 Å². The van der Waals surface area contributed by atoms with Gasteiger partial charge < -0.3 is 14.2 Å². The van der Waals surface area contributed by atoms with Crippen LogP contribution in [0.3, 0.4) is 0 Å². The highest BCUT2D eigenvalue weighted by Crippen LogP contribution is 2.13. The lowest BCUT2D eigenvalue weighted by Gasteiger charge is -2.18. The number of hydrogen-bond acceptors (Lipinski definition) is 3. The summed E-state index contributed by atoms with van der Waals surface area (Å²) in [4.78, 5) is 0. The Morgan fingerprint density at radius 2 is 1.79 bits per heavy atom. The molecule has 0 aromatic heterocycles. The zero-order valence-electron chi connectivity index (χ0n) is 15.8. The Balaban J connectivity index is 2.38. The van der Waals surface area contributed by atoms with Crippen LogP contribution in [0, 0.1) is 0 Å². The first-order valence-electron chi connectivity index (χ1n) is 8.91. The van der Waals surface area contributed by atoms with Crippen LogP contribution in [0.4, 0.5) is 0 Å². The fourth-order valence-electron chi connectivity index (χ4n) is 2.35. The fraction of sp³-hybridized carbons (Fsp3) is 0.600. The summed E-state index contributed by atoms with van der Waals surface area (Å²) in [6.07, 6.45) is 6.75. The molecule has 0 saturated heterocycles. The molecule has 0 N–H and O–H groups in total. The first-order chi connectivity index (χ1) is 11.5. The maximum Gasteiger partial charge on any atom is 0.147 e. The summed E-state index contributed by atoms with van der Waals surface area (Å²) in [5, 5.41) is 0. The van der Waals surface area contributed by atoms with E-state index >= 15 is 0 Å². The largest absolute Gasteiger partial charge is 0.382 e. The van der Waals surface area contributed by atoms with E-state index in [1.807, 2.05) is 0 Å². The van der Waals surface area contributed by atoms with Gasteiger partial charge in [-0.05, 0) is 31.2 Å². The fourth-order valence-corrected chi connectivity index (χ4v) is 3.22. The molecule has 1 aromatic carbocycles. The van der Waals surface area contributed by atoms with Crippen LogP contribution in [0.1, 0.15) is 24.8 Å². The lowest BCUT2D eigenvalue weighted by Crippen LogP contribution is -2.18. The lowest BCUT2D eigenvalue weighted by molar-refractivity contribution is -0.101. The second-order valence-corrected chi connectivity index (χ2v) is 12.2. The zero-order chi connectivity index (χ0) is 17.7. The Kier molecular flexibility index (Phi) is 10.9. The summed E-state index contributed by atoms with van der Waals surface area (Å²) in [6.45, 7) is 8.61. The third kappa shape index (κ3) is 11.6. The minimum atomic E-state index is -1.10. The third-order valence-electron chi connectivity index (χ3n) is 3.69. The van der Waals surface area contributed by atoms with Gasteiger partial charge in [0.1, 0.15) is 6.79 Å². The minimum absolute atomic E-state index is 0.235.